The molecule has 3 N–H and O–H groups in total. The number of hydroxylamine groups is 1. The monoisotopic (exact) mass is 563 g/mol. The van der Waals surface area contributed by atoms with Crippen molar-refractivity contribution in [2.24, 2.45) is 28.6 Å². The smallest absolute Gasteiger partial charge is 0.248 e. The Labute approximate surface area is 242 Å². The molecule has 5 rings (SSSR count). The van der Waals surface area contributed by atoms with Crippen LogP contribution in [0.15, 0.2) is 53.8 Å². The zero-order chi connectivity index (χ0) is 29.4. The summed E-state index contributed by atoms with van der Waals surface area (Å²) in [4.78, 5) is 41.6. The summed E-state index contributed by atoms with van der Waals surface area (Å²) in [5.74, 6) is -0.573. The van der Waals surface area contributed by atoms with Gasteiger partial charge in [0.2, 0.25) is 5.91 Å². The number of fused-ring (bicyclic) bond motifs is 5. The van der Waals surface area contributed by atoms with Crippen molar-refractivity contribution in [3.63, 3.8) is 0 Å². The molecule has 0 spiro atoms. The Balaban J connectivity index is 1.14. The molecule has 4 aliphatic carbocycles. The number of benzene rings is 1. The molecule has 4 aliphatic rings. The van der Waals surface area contributed by atoms with E-state index in [9.17, 15) is 24.6 Å². The number of hydrogen-bond acceptors (Lipinski definition) is 7. The van der Waals surface area contributed by atoms with Crippen LogP contribution in [0.2, 0.25) is 0 Å². The van der Waals surface area contributed by atoms with Crippen molar-refractivity contribution in [1.29, 1.82) is 0 Å². The van der Waals surface area contributed by atoms with Gasteiger partial charge in [-0.3, -0.25) is 19.9 Å². The Morgan fingerprint density at radius 3 is 2.54 bits per heavy atom. The SMILES string of the molecule is CC(=O)[C@]1(O)CC[C@H]2[C@@H]3CCC4=CC(NOCC(=O)NC[C@@H](CC(=O)[O-])c5ccccc5)=CC[C@]4(C)[C@H]3CC[C@@]21C. The second kappa shape index (κ2) is 11.4. The first-order chi connectivity index (χ1) is 19.5. The van der Waals surface area contributed by atoms with Gasteiger partial charge in [-0.2, -0.15) is 0 Å². The van der Waals surface area contributed by atoms with E-state index in [1.807, 2.05) is 30.3 Å². The summed E-state index contributed by atoms with van der Waals surface area (Å²) in [6.45, 7) is 6.04. The average molecular weight is 564 g/mol. The summed E-state index contributed by atoms with van der Waals surface area (Å²) in [7, 11) is 0. The number of aliphatic carboxylic acids is 1. The van der Waals surface area contributed by atoms with Crippen molar-refractivity contribution in [3.8, 4) is 0 Å². The zero-order valence-corrected chi connectivity index (χ0v) is 24.4. The maximum absolute atomic E-state index is 12.5. The normalized spacial score (nSPS) is 34.7. The van der Waals surface area contributed by atoms with Gasteiger partial charge in [0.05, 0.1) is 5.70 Å². The molecule has 0 bridgehead atoms. The molecular formula is C33H43N2O6-. The van der Waals surface area contributed by atoms with E-state index in [0.29, 0.717) is 24.2 Å². The lowest BCUT2D eigenvalue weighted by Gasteiger charge is -2.58. The molecule has 0 aromatic heterocycles. The van der Waals surface area contributed by atoms with Crippen LogP contribution in [0.25, 0.3) is 0 Å². The summed E-state index contributed by atoms with van der Waals surface area (Å²) in [5, 5.41) is 25.3. The van der Waals surface area contributed by atoms with Gasteiger partial charge in [0.1, 0.15) is 5.60 Å². The molecule has 8 heteroatoms. The van der Waals surface area contributed by atoms with E-state index in [1.165, 1.54) is 5.57 Å². The molecular weight excluding hydrogens is 520 g/mol. The average Bonchev–Trinajstić information content (AvgIpc) is 3.23. The number of ketones is 1. The highest BCUT2D eigenvalue weighted by Gasteiger charge is 2.65. The Morgan fingerprint density at radius 1 is 1.10 bits per heavy atom. The molecule has 1 amide bonds. The fraction of sp³-hybridized carbons (Fsp3) is 0.606. The number of carboxylic acids is 1. The number of Topliss-reactive ketones (excluding diaryl/α,β-unsaturated/α-hetero) is 1. The van der Waals surface area contributed by atoms with Crippen molar-refractivity contribution >= 4 is 17.7 Å². The zero-order valence-electron chi connectivity index (χ0n) is 24.4. The van der Waals surface area contributed by atoms with E-state index in [0.717, 1.165) is 49.8 Å². The van der Waals surface area contributed by atoms with Crippen LogP contribution in [0.5, 0.6) is 0 Å². The minimum Gasteiger partial charge on any atom is -0.550 e. The molecule has 0 saturated heterocycles. The van der Waals surface area contributed by atoms with Gasteiger partial charge in [0, 0.05) is 23.8 Å². The molecule has 3 saturated carbocycles. The van der Waals surface area contributed by atoms with Gasteiger partial charge >= 0.3 is 0 Å². The molecule has 0 heterocycles. The molecule has 41 heavy (non-hydrogen) atoms. The van der Waals surface area contributed by atoms with Crippen molar-refractivity contribution in [2.45, 2.75) is 83.7 Å². The van der Waals surface area contributed by atoms with Crippen LogP contribution >= 0.6 is 0 Å². The van der Waals surface area contributed by atoms with E-state index < -0.39 is 11.6 Å². The van der Waals surface area contributed by atoms with Crippen molar-refractivity contribution in [1.82, 2.24) is 10.8 Å². The number of aliphatic hydroxyl groups is 1. The van der Waals surface area contributed by atoms with Gasteiger partial charge in [-0.1, -0.05) is 55.8 Å². The van der Waals surface area contributed by atoms with Gasteiger partial charge in [-0.25, -0.2) is 0 Å². The van der Waals surface area contributed by atoms with Crippen LogP contribution < -0.4 is 15.9 Å². The number of rotatable bonds is 10. The number of amides is 1. The molecule has 0 aliphatic heterocycles. The number of carboxylic acid groups (broad SMARTS) is 1. The third-order valence-corrected chi connectivity index (χ3v) is 11.2. The number of carbonyl (C=O) groups is 3. The predicted octanol–water partition coefficient (Wildman–Crippen LogP) is 3.32. The molecule has 3 fully saturated rings. The highest BCUT2D eigenvalue weighted by atomic mass is 16.6. The topological polar surface area (TPSA) is 128 Å². The van der Waals surface area contributed by atoms with Gasteiger partial charge in [-0.05, 0) is 93.1 Å². The molecule has 222 valence electrons. The lowest BCUT2D eigenvalue weighted by Crippen LogP contribution is -2.56. The minimum absolute atomic E-state index is 0.0369. The number of nitrogens with one attached hydrogen (secondary N) is 2. The Hall–Kier alpha value is -2.97. The molecule has 1 aromatic rings. The number of carbonyl (C=O) groups excluding carboxylic acids is 3. The fourth-order valence-electron chi connectivity index (χ4n) is 8.79. The van der Waals surface area contributed by atoms with E-state index in [1.54, 1.807) is 6.92 Å². The number of hydrogen-bond donors (Lipinski definition) is 3. The summed E-state index contributed by atoms with van der Waals surface area (Å²) in [6.07, 6.45) is 10.4. The largest absolute Gasteiger partial charge is 0.550 e. The molecule has 0 radical (unpaired) electrons. The van der Waals surface area contributed by atoms with Crippen LogP contribution in [-0.2, 0) is 19.2 Å². The van der Waals surface area contributed by atoms with Crippen molar-refractivity contribution in [3.05, 3.63) is 59.3 Å². The second-order valence-electron chi connectivity index (χ2n) is 13.2. The first-order valence-electron chi connectivity index (χ1n) is 15.0. The summed E-state index contributed by atoms with van der Waals surface area (Å²) < 4.78 is 0. The van der Waals surface area contributed by atoms with Gasteiger partial charge < -0.3 is 20.3 Å². The van der Waals surface area contributed by atoms with Gasteiger partial charge in [0.15, 0.2) is 12.4 Å². The minimum atomic E-state index is -1.19. The van der Waals surface area contributed by atoms with E-state index in [4.69, 9.17) is 4.84 Å². The van der Waals surface area contributed by atoms with Crippen LogP contribution in [-0.4, -0.2) is 41.5 Å². The molecule has 8 nitrogen and oxygen atoms in total. The Morgan fingerprint density at radius 2 is 1.83 bits per heavy atom. The molecule has 7 atom stereocenters. The third kappa shape index (κ3) is 5.37. The molecule has 1 aromatic carbocycles. The van der Waals surface area contributed by atoms with E-state index in [-0.39, 0.29) is 48.0 Å². The van der Waals surface area contributed by atoms with E-state index >= 15 is 0 Å². The summed E-state index contributed by atoms with van der Waals surface area (Å²) in [6, 6.07) is 9.22. The highest BCUT2D eigenvalue weighted by molar-refractivity contribution is 5.86. The van der Waals surface area contributed by atoms with Crippen molar-refractivity contribution < 1.29 is 29.4 Å². The third-order valence-electron chi connectivity index (χ3n) is 11.2. The van der Waals surface area contributed by atoms with Crippen LogP contribution in [0.3, 0.4) is 0 Å². The lowest BCUT2D eigenvalue weighted by molar-refractivity contribution is -0.306. The second-order valence-corrected chi connectivity index (χ2v) is 13.2. The summed E-state index contributed by atoms with van der Waals surface area (Å²) >= 11 is 0. The molecule has 0 unspecified atom stereocenters. The number of allylic oxidation sites excluding steroid dienone is 3. The Bertz CT molecular complexity index is 1240. The standard InChI is InChI=1S/C33H44N2O6/c1-21(36)33(40)16-13-28-26-10-9-24-18-25(11-14-31(24,2)27(26)12-15-32(28,33)3)35-41-20-29(37)34-19-23(17-30(38)39)22-7-5-4-6-8-22/h4-8,11,18,23,26-28,35,40H,9-10,12-17,19-20H2,1-3H3,(H,34,37)(H,38,39)/p-1/t23-,26-,27+,28+,31+,32+,33-/m1/s1. The first-order valence-corrected chi connectivity index (χ1v) is 15.0. The Kier molecular flexibility index (Phi) is 8.18. The summed E-state index contributed by atoms with van der Waals surface area (Å²) in [5.41, 5.74) is 4.52. The lowest BCUT2D eigenvalue weighted by atomic mass is 9.46. The van der Waals surface area contributed by atoms with Crippen LogP contribution in [0.4, 0.5) is 0 Å². The van der Waals surface area contributed by atoms with Gasteiger partial charge in [0.25, 0.3) is 0 Å². The maximum atomic E-state index is 12.5. The highest BCUT2D eigenvalue weighted by Crippen LogP contribution is 2.67. The van der Waals surface area contributed by atoms with Crippen LogP contribution in [0.1, 0.15) is 83.6 Å². The van der Waals surface area contributed by atoms with Gasteiger partial charge in [-0.15, -0.1) is 0 Å². The van der Waals surface area contributed by atoms with Crippen molar-refractivity contribution in [2.75, 3.05) is 13.2 Å². The predicted molar refractivity (Wildman–Crippen MR) is 152 cm³/mol. The fourth-order valence-corrected chi connectivity index (χ4v) is 8.79. The quantitative estimate of drug-likeness (QED) is 0.373. The maximum Gasteiger partial charge on any atom is 0.248 e. The van der Waals surface area contributed by atoms with E-state index in [2.05, 4.69) is 36.8 Å². The van der Waals surface area contributed by atoms with Crippen LogP contribution in [0, 0.1) is 28.6 Å². The first kappa shape index (κ1) is 29.5.